The van der Waals surface area contributed by atoms with Gasteiger partial charge in [-0.05, 0) is 30.9 Å². The number of rotatable bonds is 4. The smallest absolute Gasteiger partial charge is 0.329 e. The molecule has 0 bridgehead atoms. The Morgan fingerprint density at radius 3 is 2.45 bits per heavy atom. The number of benzene rings is 1. The van der Waals surface area contributed by atoms with Crippen LogP contribution in [0.15, 0.2) is 24.3 Å². The summed E-state index contributed by atoms with van der Waals surface area (Å²) in [5.41, 5.74) is 0.443. The summed E-state index contributed by atoms with van der Waals surface area (Å²) in [5, 5.41) is 12.3. The van der Waals surface area contributed by atoms with Crippen molar-refractivity contribution in [2.75, 3.05) is 0 Å². The lowest BCUT2D eigenvalue weighted by Crippen LogP contribution is -2.55. The lowest BCUT2D eigenvalue weighted by atomic mass is 9.81. The molecule has 0 unspecified atom stereocenters. The molecule has 1 fully saturated rings. The zero-order valence-corrected chi connectivity index (χ0v) is 11.8. The molecular formula is C16H21NO3. The van der Waals surface area contributed by atoms with Crippen LogP contribution < -0.4 is 5.32 Å². The Morgan fingerprint density at radius 1 is 1.20 bits per heavy atom. The molecule has 0 heterocycles. The number of aryl methyl sites for hydroxylation is 1. The number of carboxylic acid groups (broad SMARTS) is 1. The van der Waals surface area contributed by atoms with Crippen LogP contribution in [0.4, 0.5) is 0 Å². The number of aliphatic carboxylic acids is 1. The molecule has 0 aliphatic heterocycles. The number of nitrogens with one attached hydrogen (secondary N) is 1. The van der Waals surface area contributed by atoms with Gasteiger partial charge in [-0.15, -0.1) is 0 Å². The van der Waals surface area contributed by atoms with Crippen molar-refractivity contribution in [3.8, 4) is 0 Å². The molecule has 4 heteroatoms. The molecule has 0 radical (unpaired) electrons. The molecule has 4 nitrogen and oxygen atoms in total. The third-order valence-corrected chi connectivity index (χ3v) is 4.11. The summed E-state index contributed by atoms with van der Waals surface area (Å²) < 4.78 is 0. The first-order valence-corrected chi connectivity index (χ1v) is 7.23. The highest BCUT2D eigenvalue weighted by atomic mass is 16.4. The van der Waals surface area contributed by atoms with Crippen molar-refractivity contribution in [3.63, 3.8) is 0 Å². The van der Waals surface area contributed by atoms with Gasteiger partial charge in [-0.2, -0.15) is 0 Å². The van der Waals surface area contributed by atoms with Crippen LogP contribution in [0.1, 0.15) is 54.9 Å². The molecule has 2 N–H and O–H groups in total. The minimum absolute atomic E-state index is 0.272. The van der Waals surface area contributed by atoms with Crippen molar-refractivity contribution in [1.29, 1.82) is 0 Å². The van der Waals surface area contributed by atoms with Crippen molar-refractivity contribution < 1.29 is 14.7 Å². The third kappa shape index (κ3) is 2.84. The Hall–Kier alpha value is -1.84. The second-order valence-electron chi connectivity index (χ2n) is 5.41. The van der Waals surface area contributed by atoms with Crippen molar-refractivity contribution in [3.05, 3.63) is 35.4 Å². The maximum atomic E-state index is 12.4. The van der Waals surface area contributed by atoms with Crippen molar-refractivity contribution in [1.82, 2.24) is 5.32 Å². The van der Waals surface area contributed by atoms with E-state index in [1.807, 2.05) is 25.1 Å². The van der Waals surface area contributed by atoms with Gasteiger partial charge < -0.3 is 10.4 Å². The van der Waals surface area contributed by atoms with Gasteiger partial charge in [0, 0.05) is 5.56 Å². The third-order valence-electron chi connectivity index (χ3n) is 4.11. The van der Waals surface area contributed by atoms with Crippen molar-refractivity contribution >= 4 is 11.9 Å². The molecular weight excluding hydrogens is 254 g/mol. The molecule has 1 amide bonds. The fraction of sp³-hybridized carbons (Fsp3) is 0.500. The predicted octanol–water partition coefficient (Wildman–Crippen LogP) is 2.77. The number of hydrogen-bond acceptors (Lipinski definition) is 2. The van der Waals surface area contributed by atoms with Gasteiger partial charge in [0.05, 0.1) is 0 Å². The summed E-state index contributed by atoms with van der Waals surface area (Å²) in [6.07, 6.45) is 4.52. The molecule has 2 rings (SSSR count). The van der Waals surface area contributed by atoms with E-state index in [-0.39, 0.29) is 5.91 Å². The molecule has 0 aromatic heterocycles. The minimum atomic E-state index is -1.09. The summed E-state index contributed by atoms with van der Waals surface area (Å²) in [4.78, 5) is 24.0. The zero-order valence-electron chi connectivity index (χ0n) is 11.8. The van der Waals surface area contributed by atoms with Gasteiger partial charge >= 0.3 is 5.97 Å². The first kappa shape index (κ1) is 14.6. The van der Waals surface area contributed by atoms with Crippen molar-refractivity contribution in [2.45, 2.75) is 51.0 Å². The van der Waals surface area contributed by atoms with Crippen LogP contribution in [-0.4, -0.2) is 22.5 Å². The average molecular weight is 275 g/mol. The Morgan fingerprint density at radius 2 is 1.85 bits per heavy atom. The van der Waals surface area contributed by atoms with Gasteiger partial charge in [-0.3, -0.25) is 4.79 Å². The highest BCUT2D eigenvalue weighted by Gasteiger charge is 2.41. The summed E-state index contributed by atoms with van der Waals surface area (Å²) in [6.45, 7) is 1.99. The Balaban J connectivity index is 2.22. The molecule has 20 heavy (non-hydrogen) atoms. The van der Waals surface area contributed by atoms with Crippen LogP contribution in [0.3, 0.4) is 0 Å². The molecule has 1 aliphatic rings. The second kappa shape index (κ2) is 6.07. The Kier molecular flexibility index (Phi) is 4.42. The summed E-state index contributed by atoms with van der Waals surface area (Å²) in [5.74, 6) is -1.19. The highest BCUT2D eigenvalue weighted by molar-refractivity contribution is 5.99. The maximum absolute atomic E-state index is 12.4. The van der Waals surface area contributed by atoms with E-state index < -0.39 is 11.5 Å². The van der Waals surface area contributed by atoms with Crippen LogP contribution in [0.2, 0.25) is 0 Å². The molecule has 1 saturated carbocycles. The largest absolute Gasteiger partial charge is 0.480 e. The lowest BCUT2D eigenvalue weighted by Gasteiger charge is -2.34. The summed E-state index contributed by atoms with van der Waals surface area (Å²) >= 11 is 0. The SMILES string of the molecule is CCc1ccccc1C(=O)NC1(C(=O)O)CCCCC1. The number of carbonyl (C=O) groups is 2. The number of carbonyl (C=O) groups excluding carboxylic acids is 1. The van der Waals surface area contributed by atoms with E-state index in [9.17, 15) is 14.7 Å². The average Bonchev–Trinajstić information content (AvgIpc) is 2.48. The molecule has 0 spiro atoms. The fourth-order valence-electron chi connectivity index (χ4n) is 2.88. The van der Waals surface area contributed by atoms with E-state index in [1.54, 1.807) is 6.07 Å². The van der Waals surface area contributed by atoms with Crippen LogP contribution in [0, 0.1) is 0 Å². The van der Waals surface area contributed by atoms with Gasteiger partial charge in [-0.25, -0.2) is 4.79 Å². The maximum Gasteiger partial charge on any atom is 0.329 e. The molecule has 0 atom stereocenters. The summed E-state index contributed by atoms with van der Waals surface area (Å²) in [7, 11) is 0. The van der Waals surface area contributed by atoms with E-state index in [0.29, 0.717) is 18.4 Å². The zero-order chi connectivity index (χ0) is 14.6. The molecule has 1 aromatic carbocycles. The van der Waals surface area contributed by atoms with Gasteiger partial charge in [0.2, 0.25) is 0 Å². The van der Waals surface area contributed by atoms with E-state index in [1.165, 1.54) is 0 Å². The van der Waals surface area contributed by atoms with E-state index in [2.05, 4.69) is 5.32 Å². The Labute approximate surface area is 119 Å². The Bertz CT molecular complexity index is 504. The van der Waals surface area contributed by atoms with E-state index in [4.69, 9.17) is 0 Å². The van der Waals surface area contributed by atoms with E-state index in [0.717, 1.165) is 31.2 Å². The topological polar surface area (TPSA) is 66.4 Å². The normalized spacial score (nSPS) is 17.4. The van der Waals surface area contributed by atoms with Crippen LogP contribution in [0.25, 0.3) is 0 Å². The quantitative estimate of drug-likeness (QED) is 0.888. The molecule has 108 valence electrons. The van der Waals surface area contributed by atoms with Gasteiger partial charge in [0.25, 0.3) is 5.91 Å². The lowest BCUT2D eigenvalue weighted by molar-refractivity contribution is -0.145. The van der Waals surface area contributed by atoms with Gasteiger partial charge in [0.1, 0.15) is 5.54 Å². The first-order valence-electron chi connectivity index (χ1n) is 7.23. The second-order valence-corrected chi connectivity index (χ2v) is 5.41. The van der Waals surface area contributed by atoms with Gasteiger partial charge in [0.15, 0.2) is 0 Å². The molecule has 1 aromatic rings. The monoisotopic (exact) mass is 275 g/mol. The standard InChI is InChI=1S/C16H21NO3/c1-2-12-8-4-5-9-13(12)14(18)17-16(15(19)20)10-6-3-7-11-16/h4-5,8-9H,2-3,6-7,10-11H2,1H3,(H,17,18)(H,19,20). The van der Waals surface area contributed by atoms with Gasteiger partial charge in [-0.1, -0.05) is 44.4 Å². The number of carboxylic acids is 1. The van der Waals surface area contributed by atoms with Crippen LogP contribution in [0.5, 0.6) is 0 Å². The predicted molar refractivity (Wildman–Crippen MR) is 76.7 cm³/mol. The van der Waals surface area contributed by atoms with Crippen LogP contribution in [-0.2, 0) is 11.2 Å². The molecule has 0 saturated heterocycles. The fourth-order valence-corrected chi connectivity index (χ4v) is 2.88. The summed E-state index contributed by atoms with van der Waals surface area (Å²) in [6, 6.07) is 7.36. The molecule has 1 aliphatic carbocycles. The number of hydrogen-bond donors (Lipinski definition) is 2. The highest BCUT2D eigenvalue weighted by Crippen LogP contribution is 2.29. The van der Waals surface area contributed by atoms with E-state index >= 15 is 0 Å². The van der Waals surface area contributed by atoms with Crippen molar-refractivity contribution in [2.24, 2.45) is 0 Å². The number of amides is 1. The minimum Gasteiger partial charge on any atom is -0.480 e. The van der Waals surface area contributed by atoms with Crippen LogP contribution >= 0.6 is 0 Å². The first-order chi connectivity index (χ1) is 9.59.